The lowest BCUT2D eigenvalue weighted by molar-refractivity contribution is 0.0198. The highest BCUT2D eigenvalue weighted by atomic mass is 16.5. The molecule has 2 bridgehead atoms. The van der Waals surface area contributed by atoms with Gasteiger partial charge in [-0.2, -0.15) is 0 Å². The Labute approximate surface area is 111 Å². The Morgan fingerprint density at radius 3 is 2.56 bits per heavy atom. The molecule has 18 heavy (non-hydrogen) atoms. The van der Waals surface area contributed by atoms with Gasteiger partial charge in [-0.25, -0.2) is 0 Å². The summed E-state index contributed by atoms with van der Waals surface area (Å²) < 4.78 is 6.05. The fraction of sp³-hybridized carbons (Fsp3) is 1.00. The second kappa shape index (κ2) is 4.46. The number of piperazine rings is 1. The highest BCUT2D eigenvalue weighted by Gasteiger charge is 2.46. The highest BCUT2D eigenvalue weighted by Crippen LogP contribution is 2.39. The third-order valence-electron chi connectivity index (χ3n) is 5.16. The van der Waals surface area contributed by atoms with Crippen molar-refractivity contribution in [2.24, 2.45) is 5.41 Å². The fourth-order valence-electron chi connectivity index (χ4n) is 3.89. The first-order valence-corrected chi connectivity index (χ1v) is 7.60. The van der Waals surface area contributed by atoms with Gasteiger partial charge in [-0.15, -0.1) is 0 Å². The summed E-state index contributed by atoms with van der Waals surface area (Å²) in [6, 6.07) is 1.94. The van der Waals surface area contributed by atoms with Crippen molar-refractivity contribution >= 4 is 0 Å². The van der Waals surface area contributed by atoms with Crippen LogP contribution in [0, 0.1) is 5.41 Å². The molecule has 0 radical (unpaired) electrons. The minimum absolute atomic E-state index is 0.344. The van der Waals surface area contributed by atoms with Gasteiger partial charge in [-0.05, 0) is 31.6 Å². The van der Waals surface area contributed by atoms with E-state index in [1.54, 1.807) is 0 Å². The van der Waals surface area contributed by atoms with Gasteiger partial charge in [0.2, 0.25) is 0 Å². The van der Waals surface area contributed by atoms with E-state index in [2.05, 4.69) is 37.9 Å². The molecule has 5 atom stereocenters. The largest absolute Gasteiger partial charge is 0.373 e. The number of fused-ring (bicyclic) bond motifs is 2. The molecule has 3 heterocycles. The van der Waals surface area contributed by atoms with Gasteiger partial charge in [0.1, 0.15) is 0 Å². The van der Waals surface area contributed by atoms with Crippen LogP contribution in [0.2, 0.25) is 0 Å². The molecule has 0 saturated carbocycles. The van der Waals surface area contributed by atoms with Crippen LogP contribution in [0.5, 0.6) is 0 Å². The molecular weight excluding hydrogens is 224 g/mol. The molecule has 5 unspecified atom stereocenters. The Hall–Kier alpha value is -0.120. The van der Waals surface area contributed by atoms with Gasteiger partial charge in [0, 0.05) is 31.2 Å². The van der Waals surface area contributed by atoms with Crippen LogP contribution in [-0.4, -0.2) is 48.3 Å². The fourth-order valence-corrected chi connectivity index (χ4v) is 3.89. The van der Waals surface area contributed by atoms with E-state index in [1.165, 1.54) is 25.8 Å². The van der Waals surface area contributed by atoms with Crippen molar-refractivity contribution in [2.75, 3.05) is 13.1 Å². The lowest BCUT2D eigenvalue weighted by Crippen LogP contribution is -2.63. The molecule has 0 aliphatic carbocycles. The lowest BCUT2D eigenvalue weighted by atomic mass is 9.83. The Balaban J connectivity index is 1.70. The maximum Gasteiger partial charge on any atom is 0.0736 e. The highest BCUT2D eigenvalue weighted by molar-refractivity contribution is 5.00. The van der Waals surface area contributed by atoms with Crippen LogP contribution in [0.4, 0.5) is 0 Å². The molecule has 3 heteroatoms. The van der Waals surface area contributed by atoms with E-state index >= 15 is 0 Å². The average Bonchev–Trinajstić information content (AvgIpc) is 2.89. The third-order valence-corrected chi connectivity index (χ3v) is 5.16. The number of nitrogens with zero attached hydrogens (tertiary/aromatic N) is 1. The molecule has 3 fully saturated rings. The SMILES string of the molecule is CC1CNC(C(C)(C)C)CN1C1CC2CCC1O2. The van der Waals surface area contributed by atoms with Crippen LogP contribution in [-0.2, 0) is 4.74 Å². The van der Waals surface area contributed by atoms with Crippen LogP contribution in [0.25, 0.3) is 0 Å². The topological polar surface area (TPSA) is 24.5 Å². The Morgan fingerprint density at radius 1 is 1.22 bits per heavy atom. The Kier molecular flexibility index (Phi) is 3.20. The monoisotopic (exact) mass is 252 g/mol. The molecule has 3 saturated heterocycles. The summed E-state index contributed by atoms with van der Waals surface area (Å²) >= 11 is 0. The summed E-state index contributed by atoms with van der Waals surface area (Å²) in [6.45, 7) is 11.7. The van der Waals surface area contributed by atoms with Gasteiger partial charge in [0.15, 0.2) is 0 Å². The molecule has 3 rings (SSSR count). The minimum Gasteiger partial charge on any atom is -0.373 e. The quantitative estimate of drug-likeness (QED) is 0.772. The Morgan fingerprint density at radius 2 is 2.00 bits per heavy atom. The first-order chi connectivity index (χ1) is 8.45. The van der Waals surface area contributed by atoms with Gasteiger partial charge in [-0.1, -0.05) is 20.8 Å². The standard InChI is InChI=1S/C15H28N2O/c1-10-8-16-14(15(2,3)4)9-17(10)12-7-11-5-6-13(12)18-11/h10-14,16H,5-9H2,1-4H3. The zero-order chi connectivity index (χ0) is 12.9. The van der Waals surface area contributed by atoms with Crippen LogP contribution >= 0.6 is 0 Å². The maximum absolute atomic E-state index is 6.05. The van der Waals surface area contributed by atoms with Crippen LogP contribution < -0.4 is 5.32 Å². The summed E-state index contributed by atoms with van der Waals surface area (Å²) in [5.41, 5.74) is 0.344. The number of ether oxygens (including phenoxy) is 1. The van der Waals surface area contributed by atoms with E-state index in [0.717, 1.165) is 6.54 Å². The number of nitrogens with one attached hydrogen (secondary N) is 1. The first kappa shape index (κ1) is 12.9. The summed E-state index contributed by atoms with van der Waals surface area (Å²) in [6.07, 6.45) is 4.94. The first-order valence-electron chi connectivity index (χ1n) is 7.60. The second-order valence-electron chi connectivity index (χ2n) is 7.55. The molecule has 3 aliphatic rings. The smallest absolute Gasteiger partial charge is 0.0736 e. The van der Waals surface area contributed by atoms with Crippen molar-refractivity contribution in [1.29, 1.82) is 0 Å². The third kappa shape index (κ3) is 2.21. The lowest BCUT2D eigenvalue weighted by Gasteiger charge is -2.47. The van der Waals surface area contributed by atoms with E-state index in [4.69, 9.17) is 4.74 Å². The average molecular weight is 252 g/mol. The molecule has 104 valence electrons. The zero-order valence-corrected chi connectivity index (χ0v) is 12.3. The van der Waals surface area contributed by atoms with Gasteiger partial charge in [0.25, 0.3) is 0 Å². The maximum atomic E-state index is 6.05. The zero-order valence-electron chi connectivity index (χ0n) is 12.3. The molecule has 0 spiro atoms. The summed E-state index contributed by atoms with van der Waals surface area (Å²) in [7, 11) is 0. The molecule has 1 N–H and O–H groups in total. The van der Waals surface area contributed by atoms with Crippen LogP contribution in [0.1, 0.15) is 47.0 Å². The van der Waals surface area contributed by atoms with Crippen molar-refractivity contribution in [3.63, 3.8) is 0 Å². The number of hydrogen-bond donors (Lipinski definition) is 1. The van der Waals surface area contributed by atoms with Gasteiger partial charge < -0.3 is 10.1 Å². The minimum atomic E-state index is 0.344. The van der Waals surface area contributed by atoms with Crippen molar-refractivity contribution in [3.8, 4) is 0 Å². The van der Waals surface area contributed by atoms with Crippen molar-refractivity contribution in [3.05, 3.63) is 0 Å². The van der Waals surface area contributed by atoms with E-state index in [0.29, 0.717) is 35.7 Å². The van der Waals surface area contributed by atoms with Crippen molar-refractivity contribution < 1.29 is 4.74 Å². The summed E-state index contributed by atoms with van der Waals surface area (Å²) in [4.78, 5) is 2.73. The molecule has 3 aliphatic heterocycles. The summed E-state index contributed by atoms with van der Waals surface area (Å²) in [5.74, 6) is 0. The summed E-state index contributed by atoms with van der Waals surface area (Å²) in [5, 5.41) is 3.72. The normalized spacial score (nSPS) is 45.7. The van der Waals surface area contributed by atoms with Crippen LogP contribution in [0.15, 0.2) is 0 Å². The predicted octanol–water partition coefficient (Wildman–Crippen LogP) is 2.01. The molecule has 3 nitrogen and oxygen atoms in total. The molecule has 0 aromatic rings. The molecular formula is C15H28N2O. The van der Waals surface area contributed by atoms with Crippen molar-refractivity contribution in [2.45, 2.75) is 77.3 Å². The van der Waals surface area contributed by atoms with E-state index < -0.39 is 0 Å². The van der Waals surface area contributed by atoms with E-state index in [-0.39, 0.29) is 0 Å². The van der Waals surface area contributed by atoms with Crippen LogP contribution in [0.3, 0.4) is 0 Å². The Bertz CT molecular complexity index is 312. The predicted molar refractivity (Wildman–Crippen MR) is 73.7 cm³/mol. The molecule has 0 amide bonds. The number of hydrogen-bond acceptors (Lipinski definition) is 3. The van der Waals surface area contributed by atoms with Crippen molar-refractivity contribution in [1.82, 2.24) is 10.2 Å². The second-order valence-corrected chi connectivity index (χ2v) is 7.55. The van der Waals surface area contributed by atoms with Gasteiger partial charge >= 0.3 is 0 Å². The van der Waals surface area contributed by atoms with Gasteiger partial charge in [-0.3, -0.25) is 4.90 Å². The van der Waals surface area contributed by atoms with E-state index in [9.17, 15) is 0 Å². The number of rotatable bonds is 1. The molecule has 0 aromatic heterocycles. The van der Waals surface area contributed by atoms with E-state index in [1.807, 2.05) is 0 Å². The van der Waals surface area contributed by atoms with Gasteiger partial charge in [0.05, 0.1) is 12.2 Å². The molecule has 0 aromatic carbocycles.